The van der Waals surface area contributed by atoms with Crippen LogP contribution in [0.1, 0.15) is 16.1 Å². The summed E-state index contributed by atoms with van der Waals surface area (Å²) in [6.45, 7) is 2.39. The zero-order valence-electron chi connectivity index (χ0n) is 15.8. The van der Waals surface area contributed by atoms with E-state index in [9.17, 15) is 14.4 Å². The largest absolute Gasteiger partial charge is 0.368 e. The molecule has 1 fully saturated rings. The Balaban J connectivity index is 1.51. The van der Waals surface area contributed by atoms with Gasteiger partial charge >= 0.3 is 5.69 Å². The highest BCUT2D eigenvalue weighted by molar-refractivity contribution is 5.93. The lowest BCUT2D eigenvalue weighted by molar-refractivity contribution is 0.0743. The molecule has 3 heterocycles. The number of piperazine rings is 1. The van der Waals surface area contributed by atoms with E-state index in [1.807, 2.05) is 30.3 Å². The van der Waals surface area contributed by atoms with E-state index in [-0.39, 0.29) is 18.0 Å². The molecule has 3 aromatic rings. The topological polar surface area (TPSA) is 91.3 Å². The monoisotopic (exact) mass is 391 g/mol. The van der Waals surface area contributed by atoms with Crippen molar-refractivity contribution in [2.45, 2.75) is 6.54 Å². The maximum Gasteiger partial charge on any atom is 0.328 e. The van der Waals surface area contributed by atoms with Crippen LogP contribution in [0, 0.1) is 0 Å². The molecule has 0 unspecified atom stereocenters. The minimum Gasteiger partial charge on any atom is -0.368 e. The predicted octanol–water partition coefficient (Wildman–Crippen LogP) is 0.942. The number of rotatable bonds is 4. The normalized spacial score (nSPS) is 14.1. The van der Waals surface area contributed by atoms with Crippen LogP contribution in [-0.2, 0) is 6.54 Å². The quantitative estimate of drug-likeness (QED) is 0.715. The second-order valence-corrected chi connectivity index (χ2v) is 6.83. The Hall–Kier alpha value is -3.68. The minimum absolute atomic E-state index is 0.0118. The highest BCUT2D eigenvalue weighted by Gasteiger charge is 2.25. The van der Waals surface area contributed by atoms with Gasteiger partial charge in [0, 0.05) is 44.3 Å². The second kappa shape index (κ2) is 8.14. The molecule has 8 nitrogen and oxygen atoms in total. The molecule has 0 radical (unpaired) electrons. The number of benzene rings is 1. The number of anilines is 1. The SMILES string of the molecule is O=C(c1c[nH]c(=O)n(Cc2ccccn2)c1=O)N1CCN(c2ccccc2)CC1. The summed E-state index contributed by atoms with van der Waals surface area (Å²) < 4.78 is 1.01. The molecule has 29 heavy (non-hydrogen) atoms. The van der Waals surface area contributed by atoms with Crippen LogP contribution in [-0.4, -0.2) is 51.5 Å². The Morgan fingerprint density at radius 3 is 2.38 bits per heavy atom. The Morgan fingerprint density at radius 2 is 1.69 bits per heavy atom. The molecule has 148 valence electrons. The summed E-state index contributed by atoms with van der Waals surface area (Å²) in [5, 5.41) is 0. The van der Waals surface area contributed by atoms with Crippen LogP contribution in [0.2, 0.25) is 0 Å². The van der Waals surface area contributed by atoms with Gasteiger partial charge in [-0.3, -0.25) is 19.1 Å². The first-order valence-corrected chi connectivity index (χ1v) is 9.45. The maximum absolute atomic E-state index is 12.9. The molecule has 1 aliphatic heterocycles. The van der Waals surface area contributed by atoms with Gasteiger partial charge in [-0.25, -0.2) is 4.79 Å². The third-order valence-corrected chi connectivity index (χ3v) is 5.03. The molecular formula is C21H21N5O3. The number of carbonyl (C=O) groups is 1. The first kappa shape index (κ1) is 18.7. The van der Waals surface area contributed by atoms with Crippen LogP contribution in [0.5, 0.6) is 0 Å². The molecule has 1 aromatic carbocycles. The number of H-pyrrole nitrogens is 1. The fourth-order valence-electron chi connectivity index (χ4n) is 3.44. The highest BCUT2D eigenvalue weighted by Crippen LogP contribution is 2.16. The predicted molar refractivity (Wildman–Crippen MR) is 109 cm³/mol. The molecule has 2 aromatic heterocycles. The number of hydrogen-bond acceptors (Lipinski definition) is 5. The number of aromatic amines is 1. The van der Waals surface area contributed by atoms with Crippen LogP contribution in [0.3, 0.4) is 0 Å². The summed E-state index contributed by atoms with van der Waals surface area (Å²) >= 11 is 0. The van der Waals surface area contributed by atoms with Crippen molar-refractivity contribution in [2.24, 2.45) is 0 Å². The third-order valence-electron chi connectivity index (χ3n) is 5.03. The first-order chi connectivity index (χ1) is 14.1. The number of aromatic nitrogens is 3. The van der Waals surface area contributed by atoms with Gasteiger partial charge in [-0.15, -0.1) is 0 Å². The molecule has 0 aliphatic carbocycles. The zero-order valence-corrected chi connectivity index (χ0v) is 15.8. The number of nitrogens with zero attached hydrogens (tertiary/aromatic N) is 4. The van der Waals surface area contributed by atoms with Gasteiger partial charge in [0.25, 0.3) is 11.5 Å². The summed E-state index contributed by atoms with van der Waals surface area (Å²) in [6.07, 6.45) is 2.81. The van der Waals surface area contributed by atoms with E-state index in [4.69, 9.17) is 0 Å². The number of carbonyl (C=O) groups excluding carboxylic acids is 1. The van der Waals surface area contributed by atoms with E-state index < -0.39 is 11.2 Å². The molecule has 1 N–H and O–H groups in total. The lowest BCUT2D eigenvalue weighted by atomic mass is 10.2. The molecule has 8 heteroatoms. The smallest absolute Gasteiger partial charge is 0.328 e. The lowest BCUT2D eigenvalue weighted by Gasteiger charge is -2.36. The van der Waals surface area contributed by atoms with Crippen molar-refractivity contribution < 1.29 is 4.79 Å². The Bertz CT molecular complexity index is 1100. The number of nitrogens with one attached hydrogen (secondary N) is 1. The van der Waals surface area contributed by atoms with Crippen molar-refractivity contribution >= 4 is 11.6 Å². The van der Waals surface area contributed by atoms with E-state index in [2.05, 4.69) is 14.9 Å². The lowest BCUT2D eigenvalue weighted by Crippen LogP contribution is -2.50. The van der Waals surface area contributed by atoms with E-state index in [1.54, 1.807) is 29.3 Å². The summed E-state index contributed by atoms with van der Waals surface area (Å²) in [4.78, 5) is 48.4. The van der Waals surface area contributed by atoms with Gasteiger partial charge in [0.2, 0.25) is 0 Å². The van der Waals surface area contributed by atoms with E-state index in [0.29, 0.717) is 31.9 Å². The van der Waals surface area contributed by atoms with Crippen LogP contribution in [0.15, 0.2) is 70.5 Å². The zero-order chi connectivity index (χ0) is 20.2. The van der Waals surface area contributed by atoms with Gasteiger partial charge in [-0.05, 0) is 24.3 Å². The average molecular weight is 391 g/mol. The fourth-order valence-corrected chi connectivity index (χ4v) is 3.44. The first-order valence-electron chi connectivity index (χ1n) is 9.45. The molecular weight excluding hydrogens is 370 g/mol. The van der Waals surface area contributed by atoms with Gasteiger partial charge in [0.05, 0.1) is 12.2 Å². The van der Waals surface area contributed by atoms with Gasteiger partial charge in [0.15, 0.2) is 0 Å². The van der Waals surface area contributed by atoms with E-state index in [1.165, 1.54) is 6.20 Å². The number of hydrogen-bond donors (Lipinski definition) is 1. The summed E-state index contributed by atoms with van der Waals surface area (Å²) in [5.74, 6) is -0.367. The van der Waals surface area contributed by atoms with Crippen molar-refractivity contribution in [3.63, 3.8) is 0 Å². The van der Waals surface area contributed by atoms with E-state index in [0.717, 1.165) is 10.3 Å². The number of pyridine rings is 1. The Kier molecular flexibility index (Phi) is 5.24. The van der Waals surface area contributed by atoms with Crippen molar-refractivity contribution in [2.75, 3.05) is 31.1 Å². The van der Waals surface area contributed by atoms with Crippen molar-refractivity contribution in [3.05, 3.63) is 93.0 Å². The van der Waals surface area contributed by atoms with Gasteiger partial charge in [0.1, 0.15) is 5.56 Å². The molecule has 0 spiro atoms. The van der Waals surface area contributed by atoms with Crippen LogP contribution in [0.25, 0.3) is 0 Å². The molecule has 0 saturated carbocycles. The van der Waals surface area contributed by atoms with Crippen molar-refractivity contribution in [1.29, 1.82) is 0 Å². The van der Waals surface area contributed by atoms with Crippen LogP contribution >= 0.6 is 0 Å². The van der Waals surface area contributed by atoms with Crippen LogP contribution in [0.4, 0.5) is 5.69 Å². The number of amides is 1. The standard InChI is InChI=1S/C21H21N5O3/c27-19(25-12-10-24(11-13-25)17-7-2-1-3-8-17)18-14-23-21(29)26(20(18)28)15-16-6-4-5-9-22-16/h1-9,14H,10-13,15H2,(H,23,29). The molecule has 0 bridgehead atoms. The second-order valence-electron chi connectivity index (χ2n) is 6.83. The molecule has 1 amide bonds. The van der Waals surface area contributed by atoms with Gasteiger partial charge < -0.3 is 14.8 Å². The summed E-state index contributed by atoms with van der Waals surface area (Å²) in [6, 6.07) is 15.3. The fraction of sp³-hybridized carbons (Fsp3) is 0.238. The van der Waals surface area contributed by atoms with Gasteiger partial charge in [-0.1, -0.05) is 24.3 Å². The average Bonchev–Trinajstić information content (AvgIpc) is 2.78. The molecule has 4 rings (SSSR count). The van der Waals surface area contributed by atoms with E-state index >= 15 is 0 Å². The molecule has 1 aliphatic rings. The Morgan fingerprint density at radius 1 is 0.966 bits per heavy atom. The minimum atomic E-state index is -0.602. The van der Waals surface area contributed by atoms with Crippen molar-refractivity contribution in [3.8, 4) is 0 Å². The van der Waals surface area contributed by atoms with Crippen LogP contribution < -0.4 is 16.1 Å². The Labute approximate surface area is 167 Å². The maximum atomic E-state index is 12.9. The summed E-state index contributed by atoms with van der Waals surface area (Å²) in [5.41, 5.74) is 0.484. The molecule has 1 saturated heterocycles. The van der Waals surface area contributed by atoms with Crippen molar-refractivity contribution in [1.82, 2.24) is 19.4 Å². The molecule has 0 atom stereocenters. The third kappa shape index (κ3) is 3.96. The van der Waals surface area contributed by atoms with Gasteiger partial charge in [-0.2, -0.15) is 0 Å². The highest BCUT2D eigenvalue weighted by atomic mass is 16.2. The summed E-state index contributed by atoms with van der Waals surface area (Å²) in [7, 11) is 0. The number of para-hydroxylation sites is 1.